The van der Waals surface area contributed by atoms with E-state index >= 15 is 0 Å². The lowest BCUT2D eigenvalue weighted by Crippen LogP contribution is -2.51. The van der Waals surface area contributed by atoms with E-state index in [0.29, 0.717) is 5.16 Å². The van der Waals surface area contributed by atoms with Crippen molar-refractivity contribution in [3.63, 3.8) is 0 Å². The van der Waals surface area contributed by atoms with Crippen LogP contribution in [0.5, 0.6) is 0 Å². The molecular formula is C19H24N4O2S2. The van der Waals surface area contributed by atoms with Crippen LogP contribution in [0, 0.1) is 17.2 Å². The molecule has 0 bridgehead atoms. The second-order valence-electron chi connectivity index (χ2n) is 7.51. The molecule has 2 aromatic heterocycles. The summed E-state index contributed by atoms with van der Waals surface area (Å²) in [5.74, 6) is -0.253. The van der Waals surface area contributed by atoms with Gasteiger partial charge >= 0.3 is 0 Å². The second kappa shape index (κ2) is 7.28. The van der Waals surface area contributed by atoms with Crippen molar-refractivity contribution in [2.75, 3.05) is 0 Å². The lowest BCUT2D eigenvalue weighted by Gasteiger charge is -2.28. The number of nitrogens with zero attached hydrogens (tertiary/aromatic N) is 3. The van der Waals surface area contributed by atoms with Crippen LogP contribution in [-0.2, 0) is 24.7 Å². The summed E-state index contributed by atoms with van der Waals surface area (Å²) in [6.45, 7) is 7.29. The number of carbonyl (C=O) groups excluding carboxylic acids is 1. The van der Waals surface area contributed by atoms with E-state index in [1.807, 2.05) is 13.8 Å². The number of hydrogen-bond acceptors (Lipinski definition) is 6. The molecule has 6 nitrogen and oxygen atoms in total. The predicted molar refractivity (Wildman–Crippen MR) is 109 cm³/mol. The van der Waals surface area contributed by atoms with Crippen molar-refractivity contribution >= 4 is 39.2 Å². The predicted octanol–water partition coefficient (Wildman–Crippen LogP) is 3.02. The van der Waals surface area contributed by atoms with Gasteiger partial charge in [-0.2, -0.15) is 5.26 Å². The third-order valence-corrected chi connectivity index (χ3v) is 7.66. The minimum Gasteiger partial charge on any atom is -0.337 e. The van der Waals surface area contributed by atoms with Crippen LogP contribution in [0.15, 0.2) is 9.95 Å². The van der Waals surface area contributed by atoms with Gasteiger partial charge in [0.15, 0.2) is 5.16 Å². The number of rotatable bonds is 5. The number of aryl methyl sites for hydroxylation is 2. The Kier molecular flexibility index (Phi) is 5.37. The molecule has 1 amide bonds. The first-order valence-electron chi connectivity index (χ1n) is 9.09. The van der Waals surface area contributed by atoms with Crippen molar-refractivity contribution in [3.05, 3.63) is 20.8 Å². The van der Waals surface area contributed by atoms with Crippen LogP contribution in [0.2, 0.25) is 0 Å². The highest BCUT2D eigenvalue weighted by Crippen LogP contribution is 2.35. The maximum absolute atomic E-state index is 12.9. The van der Waals surface area contributed by atoms with E-state index in [-0.39, 0.29) is 17.4 Å². The first-order valence-corrected chi connectivity index (χ1v) is 10.8. The summed E-state index contributed by atoms with van der Waals surface area (Å²) >= 11 is 2.84. The second-order valence-corrected chi connectivity index (χ2v) is 9.91. The van der Waals surface area contributed by atoms with E-state index in [2.05, 4.69) is 16.4 Å². The lowest BCUT2D eigenvalue weighted by molar-refractivity contribution is -0.121. The number of hydrogen-bond donors (Lipinski definition) is 1. The molecule has 0 aromatic carbocycles. The van der Waals surface area contributed by atoms with Crippen molar-refractivity contribution in [1.29, 1.82) is 5.26 Å². The average molecular weight is 405 g/mol. The number of thioether (sulfide) groups is 1. The molecule has 0 fully saturated rings. The van der Waals surface area contributed by atoms with E-state index in [0.717, 1.165) is 35.0 Å². The van der Waals surface area contributed by atoms with E-state index in [9.17, 15) is 14.9 Å². The third-order valence-electron chi connectivity index (χ3n) is 5.33. The Balaban J connectivity index is 1.86. The number of aromatic nitrogens is 2. The molecular weight excluding hydrogens is 380 g/mol. The summed E-state index contributed by atoms with van der Waals surface area (Å²) < 4.78 is 1.54. The smallest absolute Gasteiger partial charge is 0.262 e. The Morgan fingerprint density at radius 3 is 2.74 bits per heavy atom. The Hall–Kier alpha value is -1.85. The largest absolute Gasteiger partial charge is 0.337 e. The van der Waals surface area contributed by atoms with E-state index in [4.69, 9.17) is 0 Å². The zero-order valence-corrected chi connectivity index (χ0v) is 17.9. The highest BCUT2D eigenvalue weighted by molar-refractivity contribution is 8.00. The van der Waals surface area contributed by atoms with Crippen molar-refractivity contribution in [1.82, 2.24) is 14.9 Å². The van der Waals surface area contributed by atoms with Gasteiger partial charge in [0, 0.05) is 11.9 Å². The number of fused-ring (bicyclic) bond motifs is 3. The van der Waals surface area contributed by atoms with Crippen molar-refractivity contribution in [2.24, 2.45) is 13.0 Å². The Morgan fingerprint density at radius 2 is 2.11 bits per heavy atom. The number of nitriles is 1. The molecule has 1 N–H and O–H groups in total. The van der Waals surface area contributed by atoms with Gasteiger partial charge in [-0.15, -0.1) is 11.3 Å². The Morgan fingerprint density at radius 1 is 1.41 bits per heavy atom. The molecule has 27 heavy (non-hydrogen) atoms. The number of amides is 1. The maximum atomic E-state index is 12.9. The van der Waals surface area contributed by atoms with E-state index < -0.39 is 10.8 Å². The van der Waals surface area contributed by atoms with Crippen LogP contribution in [0.3, 0.4) is 0 Å². The van der Waals surface area contributed by atoms with Crippen molar-refractivity contribution in [2.45, 2.75) is 62.9 Å². The van der Waals surface area contributed by atoms with Gasteiger partial charge in [-0.3, -0.25) is 14.2 Å². The van der Waals surface area contributed by atoms with Gasteiger partial charge in [-0.1, -0.05) is 25.6 Å². The fraction of sp³-hybridized carbons (Fsp3) is 0.579. The molecule has 2 unspecified atom stereocenters. The van der Waals surface area contributed by atoms with Gasteiger partial charge in [0.1, 0.15) is 10.4 Å². The molecule has 2 atom stereocenters. The summed E-state index contributed by atoms with van der Waals surface area (Å²) in [6.07, 6.45) is 3.06. The van der Waals surface area contributed by atoms with Gasteiger partial charge in [0.2, 0.25) is 5.91 Å². The van der Waals surface area contributed by atoms with Gasteiger partial charge in [0.05, 0.1) is 16.7 Å². The fourth-order valence-corrected chi connectivity index (χ4v) is 5.26. The van der Waals surface area contributed by atoms with Crippen LogP contribution in [0.1, 0.15) is 44.6 Å². The lowest BCUT2D eigenvalue weighted by atomic mass is 9.90. The summed E-state index contributed by atoms with van der Waals surface area (Å²) in [4.78, 5) is 32.2. The van der Waals surface area contributed by atoms with Crippen LogP contribution in [0.4, 0.5) is 0 Å². The molecule has 2 heterocycles. The number of carbonyl (C=O) groups is 1. The van der Waals surface area contributed by atoms with Gasteiger partial charge < -0.3 is 5.32 Å². The van der Waals surface area contributed by atoms with Crippen LogP contribution < -0.4 is 10.9 Å². The molecule has 0 aliphatic heterocycles. The molecule has 0 spiro atoms. The minimum atomic E-state index is -0.927. The topological polar surface area (TPSA) is 87.8 Å². The standard InChI is InChI=1S/C19H24N4O2S2/c1-10(2)19(4,9-20)22-15(24)11(3)26-18-21-16-14(17(25)23(18)5)12-7-6-8-13(12)27-16/h10-11H,6-8H2,1-5H3,(H,22,24). The summed E-state index contributed by atoms with van der Waals surface area (Å²) in [6, 6.07) is 2.18. The first-order chi connectivity index (χ1) is 12.7. The molecule has 0 radical (unpaired) electrons. The third kappa shape index (κ3) is 3.50. The van der Waals surface area contributed by atoms with Gasteiger partial charge in [-0.05, 0) is 44.6 Å². The van der Waals surface area contributed by atoms with Crippen molar-refractivity contribution < 1.29 is 4.79 Å². The Labute approximate surface area is 167 Å². The molecule has 1 aliphatic rings. The number of thiophene rings is 1. The summed E-state index contributed by atoms with van der Waals surface area (Å²) in [5, 5.41) is 13.0. The fourth-order valence-electron chi connectivity index (χ4n) is 3.08. The maximum Gasteiger partial charge on any atom is 0.262 e. The van der Waals surface area contributed by atoms with Crippen LogP contribution in [0.25, 0.3) is 10.2 Å². The van der Waals surface area contributed by atoms with Gasteiger partial charge in [0.25, 0.3) is 5.56 Å². The van der Waals surface area contributed by atoms with Crippen molar-refractivity contribution in [3.8, 4) is 6.07 Å². The monoisotopic (exact) mass is 404 g/mol. The molecule has 144 valence electrons. The average Bonchev–Trinajstić information content (AvgIpc) is 3.19. The van der Waals surface area contributed by atoms with Crippen LogP contribution in [-0.4, -0.2) is 26.2 Å². The molecule has 0 saturated carbocycles. The van der Waals surface area contributed by atoms with Gasteiger partial charge in [-0.25, -0.2) is 4.98 Å². The quantitative estimate of drug-likeness (QED) is 0.611. The summed E-state index contributed by atoms with van der Waals surface area (Å²) in [5.41, 5.74) is 0.190. The molecule has 3 rings (SSSR count). The minimum absolute atomic E-state index is 0.0176. The molecule has 0 saturated heterocycles. The van der Waals surface area contributed by atoms with E-state index in [1.165, 1.54) is 21.2 Å². The zero-order valence-electron chi connectivity index (χ0n) is 16.3. The van der Waals surface area contributed by atoms with E-state index in [1.54, 1.807) is 32.2 Å². The van der Waals surface area contributed by atoms with Crippen LogP contribution >= 0.6 is 23.1 Å². The highest BCUT2D eigenvalue weighted by atomic mass is 32.2. The highest BCUT2D eigenvalue weighted by Gasteiger charge is 2.32. The zero-order chi connectivity index (χ0) is 19.9. The molecule has 2 aromatic rings. The number of nitrogens with one attached hydrogen (secondary N) is 1. The Bertz CT molecular complexity index is 1000. The normalized spacial score (nSPS) is 16.8. The summed E-state index contributed by atoms with van der Waals surface area (Å²) in [7, 11) is 1.70. The molecule has 1 aliphatic carbocycles. The SMILES string of the molecule is CC(Sc1nc2sc3c(c2c(=O)n1C)CCC3)C(=O)NC(C)(C#N)C(C)C. The first kappa shape index (κ1) is 19.9. The molecule has 8 heteroatoms.